The number of nitrogens with one attached hydrogen (secondary N) is 1. The number of hydrogen-bond acceptors (Lipinski definition) is 6. The van der Waals surface area contributed by atoms with E-state index in [-0.39, 0.29) is 61.5 Å². The van der Waals surface area contributed by atoms with Gasteiger partial charge in [0.15, 0.2) is 5.69 Å². The first-order valence-electron chi connectivity index (χ1n) is 19.8. The summed E-state index contributed by atoms with van der Waals surface area (Å²) in [5, 5.41) is 7.78. The molecule has 0 spiro atoms. The van der Waals surface area contributed by atoms with Crippen molar-refractivity contribution in [3.05, 3.63) is 117 Å². The van der Waals surface area contributed by atoms with E-state index in [1.807, 2.05) is 38.1 Å². The molecule has 0 aliphatic carbocycles. The maximum absolute atomic E-state index is 15.6. The fraction of sp³-hybridized carbons (Fsp3) is 0.419. The molecule has 0 radical (unpaired) electrons. The summed E-state index contributed by atoms with van der Waals surface area (Å²) in [5.74, 6) is -0.788. The van der Waals surface area contributed by atoms with Crippen LogP contribution >= 0.6 is 11.5 Å². The summed E-state index contributed by atoms with van der Waals surface area (Å²) in [5.41, 5.74) is -1.36. The van der Waals surface area contributed by atoms with Gasteiger partial charge in [-0.15, -0.1) is 0 Å². The topological polar surface area (TPSA) is 102 Å². The highest BCUT2D eigenvalue weighted by Crippen LogP contribution is 2.44. The van der Waals surface area contributed by atoms with Crippen LogP contribution in [0.25, 0.3) is 10.9 Å². The minimum absolute atomic E-state index is 0.0282. The first kappa shape index (κ1) is 44.2. The molecule has 5 heterocycles. The van der Waals surface area contributed by atoms with E-state index in [9.17, 15) is 40.7 Å². The summed E-state index contributed by atoms with van der Waals surface area (Å²) < 4.78 is 99.7. The van der Waals surface area contributed by atoms with Crippen LogP contribution in [0.4, 0.5) is 30.7 Å². The van der Waals surface area contributed by atoms with Gasteiger partial charge in [-0.1, -0.05) is 68.4 Å². The van der Waals surface area contributed by atoms with Crippen LogP contribution in [-0.2, 0) is 35.8 Å². The van der Waals surface area contributed by atoms with Crippen molar-refractivity contribution in [3.63, 3.8) is 0 Å². The lowest BCUT2D eigenvalue weighted by Crippen LogP contribution is -2.44. The van der Waals surface area contributed by atoms with Crippen LogP contribution in [0.2, 0.25) is 0 Å². The number of H-pyrrole nitrogens is 1. The number of benzene rings is 3. The molecule has 8 rings (SSSR count). The van der Waals surface area contributed by atoms with Crippen LogP contribution in [-0.4, -0.2) is 79.7 Å². The Hall–Kier alpha value is -5.32. The van der Waals surface area contributed by atoms with Gasteiger partial charge in [0.1, 0.15) is 10.5 Å². The first-order chi connectivity index (χ1) is 28.5. The summed E-state index contributed by atoms with van der Waals surface area (Å²) in [4.78, 5) is 42.9. The molecule has 3 aromatic carbocycles. The number of amides is 3. The third-order valence-electron chi connectivity index (χ3n) is 11.2. The van der Waals surface area contributed by atoms with Crippen LogP contribution in [0.3, 0.4) is 0 Å². The van der Waals surface area contributed by atoms with Gasteiger partial charge < -0.3 is 14.7 Å². The third-order valence-corrected chi connectivity index (χ3v) is 12.1. The number of carbonyl (C=O) groups is 3. The number of nitrogens with zero attached hydrogens (tertiary/aromatic N) is 5. The van der Waals surface area contributed by atoms with Gasteiger partial charge in [0.05, 0.1) is 16.6 Å². The van der Waals surface area contributed by atoms with Crippen molar-refractivity contribution >= 4 is 40.2 Å². The van der Waals surface area contributed by atoms with Gasteiger partial charge in [-0.3, -0.25) is 19.5 Å². The van der Waals surface area contributed by atoms with Crippen LogP contribution < -0.4 is 0 Å². The third kappa shape index (κ3) is 9.35. The second kappa shape index (κ2) is 18.1. The summed E-state index contributed by atoms with van der Waals surface area (Å²) in [6, 6.07) is 17.9. The Morgan fingerprint density at radius 3 is 1.98 bits per heavy atom. The van der Waals surface area contributed by atoms with E-state index in [4.69, 9.17) is 0 Å². The first-order valence-corrected chi connectivity index (χ1v) is 20.6. The number of alkyl halides is 7. The number of likely N-dealkylation sites (tertiary alicyclic amines) is 2. The minimum atomic E-state index is -4.65. The summed E-state index contributed by atoms with van der Waals surface area (Å²) in [6.07, 6.45) is -7.89. The van der Waals surface area contributed by atoms with Crippen LogP contribution in [0, 0.1) is 0 Å². The van der Waals surface area contributed by atoms with E-state index in [1.165, 1.54) is 47.6 Å². The minimum Gasteiger partial charge on any atom is -0.338 e. The van der Waals surface area contributed by atoms with E-state index >= 15 is 4.39 Å². The lowest BCUT2D eigenvalue weighted by molar-refractivity contribution is -0.140. The Balaban J connectivity index is 0.000000195. The fourth-order valence-electron chi connectivity index (χ4n) is 8.04. The SMILES string of the molecule is CC.CC(=O)N1CCc2[nH]nc(C(=O)N3CCC(F)(c4ccccc4C(F)(F)F)CC3)c2C1.O=C(c1snc2ccccc12)N1CCC(c2ccccc2C(F)(F)F)CC1. The van der Waals surface area contributed by atoms with Gasteiger partial charge in [-0.2, -0.15) is 35.8 Å². The highest BCUT2D eigenvalue weighted by Gasteiger charge is 2.45. The lowest BCUT2D eigenvalue weighted by Gasteiger charge is -2.37. The van der Waals surface area contributed by atoms with Crippen molar-refractivity contribution in [2.24, 2.45) is 0 Å². The molecule has 0 unspecified atom stereocenters. The Kier molecular flexibility index (Phi) is 13.4. The summed E-state index contributed by atoms with van der Waals surface area (Å²) >= 11 is 1.18. The molecule has 0 saturated carbocycles. The van der Waals surface area contributed by atoms with Crippen molar-refractivity contribution in [3.8, 4) is 0 Å². The average molecular weight is 859 g/mol. The largest absolute Gasteiger partial charge is 0.416 e. The summed E-state index contributed by atoms with van der Waals surface area (Å²) in [7, 11) is 0. The van der Waals surface area contributed by atoms with Gasteiger partial charge in [0, 0.05) is 87.7 Å². The molecule has 0 bridgehead atoms. The predicted molar refractivity (Wildman–Crippen MR) is 213 cm³/mol. The van der Waals surface area contributed by atoms with Crippen molar-refractivity contribution in [2.45, 2.75) is 83.4 Å². The summed E-state index contributed by atoms with van der Waals surface area (Å²) in [6.45, 7) is 7.09. The Morgan fingerprint density at radius 1 is 0.750 bits per heavy atom. The molecule has 2 saturated heterocycles. The predicted octanol–water partition coefficient (Wildman–Crippen LogP) is 9.80. The Bertz CT molecular complexity index is 2310. The van der Waals surface area contributed by atoms with E-state index in [0.717, 1.165) is 28.7 Å². The van der Waals surface area contributed by atoms with Crippen LogP contribution in [0.15, 0.2) is 72.8 Å². The number of fused-ring (bicyclic) bond motifs is 2. The van der Waals surface area contributed by atoms with Gasteiger partial charge >= 0.3 is 12.4 Å². The highest BCUT2D eigenvalue weighted by atomic mass is 32.1. The van der Waals surface area contributed by atoms with Crippen LogP contribution in [0.5, 0.6) is 0 Å². The molecule has 320 valence electrons. The van der Waals surface area contributed by atoms with Crippen molar-refractivity contribution in [1.82, 2.24) is 29.3 Å². The zero-order valence-electron chi connectivity index (χ0n) is 33.3. The molecular weight excluding hydrogens is 814 g/mol. The zero-order chi connectivity index (χ0) is 43.4. The molecular formula is C43H45F7N6O3S. The second-order valence-electron chi connectivity index (χ2n) is 14.7. The maximum Gasteiger partial charge on any atom is 0.416 e. The Morgan fingerprint density at radius 2 is 1.33 bits per heavy atom. The van der Waals surface area contributed by atoms with E-state index in [1.54, 1.807) is 21.9 Å². The molecule has 17 heteroatoms. The van der Waals surface area contributed by atoms with Crippen molar-refractivity contribution in [1.29, 1.82) is 0 Å². The molecule has 2 aromatic heterocycles. The normalized spacial score (nSPS) is 16.9. The number of carbonyl (C=O) groups excluding carboxylic acids is 3. The molecule has 3 aliphatic heterocycles. The number of hydrogen-bond donors (Lipinski definition) is 1. The van der Waals surface area contributed by atoms with Gasteiger partial charge in [-0.05, 0) is 54.1 Å². The maximum atomic E-state index is 15.6. The van der Waals surface area contributed by atoms with E-state index in [2.05, 4.69) is 14.6 Å². The number of halogens is 7. The molecule has 9 nitrogen and oxygen atoms in total. The van der Waals surface area contributed by atoms with E-state index in [0.29, 0.717) is 54.9 Å². The number of piperidine rings is 2. The standard InChI is InChI=1S/C21H22F4N4O2.C20H17F3N2OS.C2H6/c1-13(30)29-9-6-17-14(12-29)18(27-26-17)19(31)28-10-7-20(22,8-11-28)15-4-2-3-5-16(15)21(23,24)25;21-20(22,23)16-7-3-1-5-14(16)13-9-11-25(12-10-13)19(26)18-15-6-2-4-8-17(15)24-27-18;1-2/h2-5H,6-12H2,1H3,(H,26,27);1-8,13H,9-12H2;1-2H3. The quantitative estimate of drug-likeness (QED) is 0.182. The fourth-order valence-corrected chi connectivity index (χ4v) is 8.86. The van der Waals surface area contributed by atoms with Crippen molar-refractivity contribution < 1.29 is 45.1 Å². The molecule has 3 amide bonds. The number of rotatable bonds is 4. The van der Waals surface area contributed by atoms with Crippen molar-refractivity contribution in [2.75, 3.05) is 32.7 Å². The average Bonchev–Trinajstić information content (AvgIpc) is 3.88. The molecule has 2 fully saturated rings. The van der Waals surface area contributed by atoms with E-state index < -0.39 is 35.1 Å². The molecule has 3 aliphatic rings. The molecule has 60 heavy (non-hydrogen) atoms. The zero-order valence-corrected chi connectivity index (χ0v) is 34.1. The smallest absolute Gasteiger partial charge is 0.338 e. The second-order valence-corrected chi connectivity index (χ2v) is 15.5. The van der Waals surface area contributed by atoms with Gasteiger partial charge in [0.25, 0.3) is 11.8 Å². The molecule has 0 atom stereocenters. The van der Waals surface area contributed by atoms with Crippen LogP contribution in [0.1, 0.15) is 106 Å². The number of aromatic amines is 1. The monoisotopic (exact) mass is 858 g/mol. The van der Waals surface area contributed by atoms with Gasteiger partial charge in [0.2, 0.25) is 5.91 Å². The lowest BCUT2D eigenvalue weighted by atomic mass is 9.83. The van der Waals surface area contributed by atoms with Gasteiger partial charge in [-0.25, -0.2) is 4.39 Å². The molecule has 5 aromatic rings. The Labute approximate surface area is 346 Å². The highest BCUT2D eigenvalue weighted by molar-refractivity contribution is 7.09. The molecule has 1 N–H and O–H groups in total. The number of aromatic nitrogens is 3.